The van der Waals surface area contributed by atoms with Crippen molar-refractivity contribution in [2.75, 3.05) is 28.2 Å². The van der Waals surface area contributed by atoms with Crippen LogP contribution in [0.3, 0.4) is 0 Å². The fourth-order valence-electron chi connectivity index (χ4n) is 1.18. The van der Waals surface area contributed by atoms with Gasteiger partial charge in [-0.1, -0.05) is 0 Å². The fraction of sp³-hybridized carbons (Fsp3) is 0.750. The Bertz CT molecular complexity index is 243. The summed E-state index contributed by atoms with van der Waals surface area (Å²) in [5, 5.41) is 0. The molecule has 0 aromatic rings. The number of hydrogen-bond acceptors (Lipinski definition) is 4. The van der Waals surface area contributed by atoms with Crippen LogP contribution in [0, 0.1) is 0 Å². The van der Waals surface area contributed by atoms with Crippen LogP contribution in [0.25, 0.3) is 0 Å². The standard InChI is InChI=1S/C8H14BN2O4/c1-10(2)7(12)5-6(15-9-14-5)8(13)11(3)4/h5-6H,1-4H3/t5-,6-/m1/s1. The molecule has 1 rings (SSSR count). The molecule has 1 aliphatic heterocycles. The molecular weight excluding hydrogens is 199 g/mol. The Morgan fingerprint density at radius 3 is 1.53 bits per heavy atom. The molecular formula is C8H14BN2O4. The second kappa shape index (κ2) is 4.63. The van der Waals surface area contributed by atoms with Crippen LogP contribution in [0.5, 0.6) is 0 Å². The van der Waals surface area contributed by atoms with Crippen LogP contribution in [-0.2, 0) is 18.9 Å². The van der Waals surface area contributed by atoms with Gasteiger partial charge in [-0.3, -0.25) is 9.59 Å². The van der Waals surface area contributed by atoms with Crippen LogP contribution in [-0.4, -0.2) is 69.7 Å². The molecule has 0 spiro atoms. The van der Waals surface area contributed by atoms with E-state index in [0.29, 0.717) is 0 Å². The maximum atomic E-state index is 11.6. The number of carbonyl (C=O) groups is 2. The van der Waals surface area contributed by atoms with E-state index < -0.39 is 12.2 Å². The average Bonchev–Trinajstić information content (AvgIpc) is 2.63. The molecule has 0 aromatic carbocycles. The molecule has 0 saturated carbocycles. The summed E-state index contributed by atoms with van der Waals surface area (Å²) in [6.45, 7) is 0. The maximum absolute atomic E-state index is 11.6. The lowest BCUT2D eigenvalue weighted by Crippen LogP contribution is -2.47. The van der Waals surface area contributed by atoms with E-state index in [4.69, 9.17) is 9.31 Å². The zero-order chi connectivity index (χ0) is 11.6. The molecule has 1 heterocycles. The van der Waals surface area contributed by atoms with Gasteiger partial charge in [-0.25, -0.2) is 0 Å². The van der Waals surface area contributed by atoms with Gasteiger partial charge < -0.3 is 19.1 Å². The Balaban J connectivity index is 2.73. The average molecular weight is 213 g/mol. The molecule has 1 aliphatic rings. The molecule has 2 atom stereocenters. The van der Waals surface area contributed by atoms with E-state index in [-0.39, 0.29) is 11.8 Å². The van der Waals surface area contributed by atoms with Crippen molar-refractivity contribution in [3.63, 3.8) is 0 Å². The third kappa shape index (κ3) is 2.48. The second-order valence-electron chi connectivity index (χ2n) is 3.67. The van der Waals surface area contributed by atoms with Gasteiger partial charge in [0.2, 0.25) is 0 Å². The van der Waals surface area contributed by atoms with Gasteiger partial charge >= 0.3 is 7.69 Å². The minimum absolute atomic E-state index is 0.288. The predicted molar refractivity (Wildman–Crippen MR) is 52.9 cm³/mol. The molecule has 83 valence electrons. The lowest BCUT2D eigenvalue weighted by atomic mass is 10.1. The lowest BCUT2D eigenvalue weighted by molar-refractivity contribution is -0.146. The minimum Gasteiger partial charge on any atom is -0.399 e. The lowest BCUT2D eigenvalue weighted by Gasteiger charge is -2.22. The monoisotopic (exact) mass is 213 g/mol. The predicted octanol–water partition coefficient (Wildman–Crippen LogP) is -1.52. The van der Waals surface area contributed by atoms with Gasteiger partial charge in [-0.15, -0.1) is 0 Å². The van der Waals surface area contributed by atoms with Crippen molar-refractivity contribution < 1.29 is 18.9 Å². The number of hydrogen-bond donors (Lipinski definition) is 0. The number of likely N-dealkylation sites (N-methyl/N-ethyl adjacent to an activating group) is 2. The Morgan fingerprint density at radius 2 is 1.27 bits per heavy atom. The first-order valence-electron chi connectivity index (χ1n) is 4.50. The van der Waals surface area contributed by atoms with Crippen LogP contribution in [0.4, 0.5) is 0 Å². The summed E-state index contributed by atoms with van der Waals surface area (Å²) in [5.74, 6) is -0.576. The highest BCUT2D eigenvalue weighted by molar-refractivity contribution is 6.21. The molecule has 0 unspecified atom stereocenters. The topological polar surface area (TPSA) is 59.1 Å². The van der Waals surface area contributed by atoms with Gasteiger partial charge in [0.15, 0.2) is 12.2 Å². The largest absolute Gasteiger partial charge is 0.489 e. The summed E-state index contributed by atoms with van der Waals surface area (Å²) in [6, 6.07) is 0. The van der Waals surface area contributed by atoms with Crippen LogP contribution in [0.2, 0.25) is 0 Å². The van der Waals surface area contributed by atoms with Gasteiger partial charge in [0.25, 0.3) is 11.8 Å². The SMILES string of the molecule is CN(C)C(=O)[C@@H]1O[B]O[C@H]1C(=O)N(C)C. The van der Waals surface area contributed by atoms with E-state index in [1.54, 1.807) is 28.2 Å². The van der Waals surface area contributed by atoms with Gasteiger partial charge in [-0.05, 0) is 0 Å². The minimum atomic E-state index is -0.880. The zero-order valence-electron chi connectivity index (χ0n) is 9.26. The van der Waals surface area contributed by atoms with E-state index in [0.717, 1.165) is 7.69 Å². The molecule has 0 N–H and O–H groups in total. The van der Waals surface area contributed by atoms with Crippen molar-refractivity contribution in [1.29, 1.82) is 0 Å². The van der Waals surface area contributed by atoms with Crippen molar-refractivity contribution >= 4 is 19.5 Å². The molecule has 15 heavy (non-hydrogen) atoms. The van der Waals surface area contributed by atoms with Crippen molar-refractivity contribution in [3.8, 4) is 0 Å². The molecule has 2 amide bonds. The van der Waals surface area contributed by atoms with Gasteiger partial charge in [-0.2, -0.15) is 0 Å². The Labute approximate surface area is 89.4 Å². The first-order chi connectivity index (χ1) is 6.95. The van der Waals surface area contributed by atoms with Crippen LogP contribution in [0.15, 0.2) is 0 Å². The van der Waals surface area contributed by atoms with E-state index in [9.17, 15) is 9.59 Å². The fourth-order valence-corrected chi connectivity index (χ4v) is 1.18. The smallest absolute Gasteiger partial charge is 0.399 e. The molecule has 0 aliphatic carbocycles. The summed E-state index contributed by atoms with van der Waals surface area (Å²) in [6.07, 6.45) is -1.76. The van der Waals surface area contributed by atoms with Gasteiger partial charge in [0.05, 0.1) is 0 Å². The highest BCUT2D eigenvalue weighted by Gasteiger charge is 2.42. The molecule has 7 heteroatoms. The molecule has 0 aromatic heterocycles. The molecule has 1 fully saturated rings. The number of carbonyl (C=O) groups excluding carboxylic acids is 2. The van der Waals surface area contributed by atoms with Crippen LogP contribution in [0.1, 0.15) is 0 Å². The Hall–Kier alpha value is -1.08. The van der Waals surface area contributed by atoms with E-state index >= 15 is 0 Å². The summed E-state index contributed by atoms with van der Waals surface area (Å²) in [7, 11) is 7.43. The number of rotatable bonds is 2. The molecule has 0 bridgehead atoms. The second-order valence-corrected chi connectivity index (χ2v) is 3.67. The van der Waals surface area contributed by atoms with Gasteiger partial charge in [0.1, 0.15) is 0 Å². The summed E-state index contributed by atoms with van der Waals surface area (Å²) in [4.78, 5) is 26.0. The first kappa shape index (κ1) is 12.0. The van der Waals surface area contributed by atoms with E-state index in [1.807, 2.05) is 0 Å². The third-order valence-electron chi connectivity index (χ3n) is 2.05. The molecule has 1 saturated heterocycles. The van der Waals surface area contributed by atoms with Crippen molar-refractivity contribution in [1.82, 2.24) is 9.80 Å². The highest BCUT2D eigenvalue weighted by Crippen LogP contribution is 2.15. The summed E-state index contributed by atoms with van der Waals surface area (Å²) < 4.78 is 9.95. The van der Waals surface area contributed by atoms with E-state index in [1.165, 1.54) is 9.80 Å². The first-order valence-corrected chi connectivity index (χ1v) is 4.50. The van der Waals surface area contributed by atoms with Crippen LogP contribution >= 0.6 is 0 Å². The summed E-state index contributed by atoms with van der Waals surface area (Å²) in [5.41, 5.74) is 0. The normalized spacial score (nSPS) is 24.5. The quantitative estimate of drug-likeness (QED) is 0.523. The van der Waals surface area contributed by atoms with Crippen LogP contribution < -0.4 is 0 Å². The molecule has 6 nitrogen and oxygen atoms in total. The highest BCUT2D eigenvalue weighted by atomic mass is 16.6. The van der Waals surface area contributed by atoms with E-state index in [2.05, 4.69) is 0 Å². The Kier molecular flexibility index (Phi) is 3.70. The van der Waals surface area contributed by atoms with Gasteiger partial charge in [0, 0.05) is 28.2 Å². The number of amides is 2. The van der Waals surface area contributed by atoms with Crippen molar-refractivity contribution in [2.45, 2.75) is 12.2 Å². The van der Waals surface area contributed by atoms with Crippen molar-refractivity contribution in [3.05, 3.63) is 0 Å². The zero-order valence-corrected chi connectivity index (χ0v) is 9.26. The molecule has 1 radical (unpaired) electrons. The third-order valence-corrected chi connectivity index (χ3v) is 2.05. The van der Waals surface area contributed by atoms with Crippen molar-refractivity contribution in [2.24, 2.45) is 0 Å². The summed E-state index contributed by atoms with van der Waals surface area (Å²) >= 11 is 0. The number of nitrogens with zero attached hydrogens (tertiary/aromatic N) is 2. The maximum Gasteiger partial charge on any atom is 0.489 e. The Morgan fingerprint density at radius 1 is 0.933 bits per heavy atom.